The summed E-state index contributed by atoms with van der Waals surface area (Å²) < 4.78 is 5.80. The van der Waals surface area contributed by atoms with Gasteiger partial charge in [-0.25, -0.2) is 0 Å². The highest BCUT2D eigenvalue weighted by Gasteiger charge is 2.25. The molecule has 0 aromatic carbocycles. The van der Waals surface area contributed by atoms with Gasteiger partial charge in [-0.2, -0.15) is 0 Å². The molecule has 1 fully saturated rings. The van der Waals surface area contributed by atoms with Crippen LogP contribution in [0.4, 0.5) is 0 Å². The summed E-state index contributed by atoms with van der Waals surface area (Å²) in [5, 5.41) is 0. The molecular formula is C12H18N2O. The van der Waals surface area contributed by atoms with Crippen molar-refractivity contribution in [2.45, 2.75) is 45.3 Å². The normalized spacial score (nSPS) is 15.7. The minimum absolute atomic E-state index is 0.402. The first-order chi connectivity index (χ1) is 7.22. The van der Waals surface area contributed by atoms with Crippen molar-refractivity contribution in [1.82, 2.24) is 4.98 Å². The van der Waals surface area contributed by atoms with E-state index in [0.29, 0.717) is 18.6 Å². The summed E-state index contributed by atoms with van der Waals surface area (Å²) in [6.45, 7) is 4.83. The Hall–Kier alpha value is -1.09. The lowest BCUT2D eigenvalue weighted by Crippen LogP contribution is -2.08. The molecule has 0 aliphatic heterocycles. The number of rotatable bonds is 4. The average Bonchev–Trinajstić information content (AvgIpc) is 3.01. The zero-order valence-electron chi connectivity index (χ0n) is 9.36. The van der Waals surface area contributed by atoms with Gasteiger partial charge in [0.2, 0.25) is 0 Å². The van der Waals surface area contributed by atoms with Crippen LogP contribution in [0.5, 0.6) is 5.75 Å². The molecule has 15 heavy (non-hydrogen) atoms. The number of hydrogen-bond acceptors (Lipinski definition) is 3. The standard InChI is InChI=1S/C12H18N2O/c1-8(2)11-6-14-7-12(10(11)5-13)15-9-3-4-9/h6-9H,3-5,13H2,1-2H3. The van der Waals surface area contributed by atoms with E-state index in [1.807, 2.05) is 6.20 Å². The smallest absolute Gasteiger partial charge is 0.142 e. The van der Waals surface area contributed by atoms with Crippen LogP contribution >= 0.6 is 0 Å². The van der Waals surface area contributed by atoms with Gasteiger partial charge in [0, 0.05) is 18.3 Å². The van der Waals surface area contributed by atoms with Gasteiger partial charge in [-0.3, -0.25) is 4.98 Å². The monoisotopic (exact) mass is 206 g/mol. The number of nitrogens with two attached hydrogens (primary N) is 1. The highest BCUT2D eigenvalue weighted by molar-refractivity contribution is 5.39. The minimum atomic E-state index is 0.402. The lowest BCUT2D eigenvalue weighted by Gasteiger charge is -2.15. The molecule has 0 atom stereocenters. The molecule has 2 rings (SSSR count). The maximum atomic E-state index is 5.80. The molecule has 2 N–H and O–H groups in total. The molecule has 1 aliphatic rings. The Morgan fingerprint density at radius 3 is 2.73 bits per heavy atom. The molecule has 0 saturated heterocycles. The molecular weight excluding hydrogens is 188 g/mol. The number of ether oxygens (including phenoxy) is 1. The summed E-state index contributed by atoms with van der Waals surface area (Å²) in [5.74, 6) is 1.32. The van der Waals surface area contributed by atoms with Crippen molar-refractivity contribution in [3.05, 3.63) is 23.5 Å². The molecule has 1 aliphatic carbocycles. The van der Waals surface area contributed by atoms with E-state index in [-0.39, 0.29) is 0 Å². The Balaban J connectivity index is 2.30. The number of hydrogen-bond donors (Lipinski definition) is 1. The summed E-state index contributed by atoms with van der Waals surface area (Å²) in [7, 11) is 0. The van der Waals surface area contributed by atoms with Crippen LogP contribution in [0, 0.1) is 0 Å². The van der Waals surface area contributed by atoms with Crippen molar-refractivity contribution in [2.24, 2.45) is 5.73 Å². The van der Waals surface area contributed by atoms with Gasteiger partial charge in [0.15, 0.2) is 0 Å². The van der Waals surface area contributed by atoms with Crippen molar-refractivity contribution < 1.29 is 4.74 Å². The quantitative estimate of drug-likeness (QED) is 0.821. The van der Waals surface area contributed by atoms with Crippen LogP contribution < -0.4 is 10.5 Å². The fourth-order valence-corrected chi connectivity index (χ4v) is 1.67. The predicted molar refractivity (Wildman–Crippen MR) is 59.9 cm³/mol. The summed E-state index contributed by atoms with van der Waals surface area (Å²) in [6, 6.07) is 0. The van der Waals surface area contributed by atoms with E-state index >= 15 is 0 Å². The van der Waals surface area contributed by atoms with Gasteiger partial charge in [0.05, 0.1) is 12.3 Å². The lowest BCUT2D eigenvalue weighted by molar-refractivity contribution is 0.298. The van der Waals surface area contributed by atoms with Crippen LogP contribution in [0.15, 0.2) is 12.4 Å². The molecule has 3 nitrogen and oxygen atoms in total. The van der Waals surface area contributed by atoms with Crippen molar-refractivity contribution in [3.63, 3.8) is 0 Å². The van der Waals surface area contributed by atoms with E-state index in [2.05, 4.69) is 18.8 Å². The van der Waals surface area contributed by atoms with Crippen molar-refractivity contribution in [2.75, 3.05) is 0 Å². The Bertz CT molecular complexity index is 345. The van der Waals surface area contributed by atoms with Gasteiger partial charge >= 0.3 is 0 Å². The highest BCUT2D eigenvalue weighted by atomic mass is 16.5. The summed E-state index contributed by atoms with van der Waals surface area (Å²) >= 11 is 0. The second-order valence-electron chi connectivity index (χ2n) is 4.38. The van der Waals surface area contributed by atoms with Crippen molar-refractivity contribution >= 4 is 0 Å². The van der Waals surface area contributed by atoms with Gasteiger partial charge < -0.3 is 10.5 Å². The molecule has 3 heteroatoms. The Morgan fingerprint density at radius 1 is 1.47 bits per heavy atom. The molecule has 1 aromatic heterocycles. The molecule has 1 saturated carbocycles. The molecule has 0 radical (unpaired) electrons. The molecule has 1 aromatic rings. The Kier molecular flexibility index (Phi) is 2.91. The maximum Gasteiger partial charge on any atom is 0.142 e. The third-order valence-electron chi connectivity index (χ3n) is 2.70. The van der Waals surface area contributed by atoms with Gasteiger partial charge in [0.25, 0.3) is 0 Å². The molecule has 0 amide bonds. The van der Waals surface area contributed by atoms with Crippen LogP contribution in [-0.4, -0.2) is 11.1 Å². The van der Waals surface area contributed by atoms with Crippen LogP contribution in [0.2, 0.25) is 0 Å². The van der Waals surface area contributed by atoms with Gasteiger partial charge in [-0.05, 0) is 24.3 Å². The van der Waals surface area contributed by atoms with Crippen LogP contribution in [0.25, 0.3) is 0 Å². The zero-order chi connectivity index (χ0) is 10.8. The maximum absolute atomic E-state index is 5.80. The van der Waals surface area contributed by atoms with Crippen LogP contribution in [0.1, 0.15) is 43.7 Å². The van der Waals surface area contributed by atoms with E-state index < -0.39 is 0 Å². The first kappa shape index (κ1) is 10.4. The van der Waals surface area contributed by atoms with E-state index in [1.54, 1.807) is 6.20 Å². The van der Waals surface area contributed by atoms with Gasteiger partial charge in [-0.1, -0.05) is 13.8 Å². The average molecular weight is 206 g/mol. The Morgan fingerprint density at radius 2 is 2.20 bits per heavy atom. The molecule has 0 spiro atoms. The minimum Gasteiger partial charge on any atom is -0.488 e. The van der Waals surface area contributed by atoms with Gasteiger partial charge in [-0.15, -0.1) is 0 Å². The molecule has 0 unspecified atom stereocenters. The second-order valence-corrected chi connectivity index (χ2v) is 4.38. The summed E-state index contributed by atoms with van der Waals surface area (Å²) in [6.07, 6.45) is 6.41. The first-order valence-electron chi connectivity index (χ1n) is 5.56. The van der Waals surface area contributed by atoms with Crippen LogP contribution in [-0.2, 0) is 6.54 Å². The number of aromatic nitrogens is 1. The van der Waals surface area contributed by atoms with E-state index in [1.165, 1.54) is 5.56 Å². The lowest BCUT2D eigenvalue weighted by atomic mass is 9.99. The third kappa shape index (κ3) is 2.29. The summed E-state index contributed by atoms with van der Waals surface area (Å²) in [4.78, 5) is 4.21. The molecule has 1 heterocycles. The predicted octanol–water partition coefficient (Wildman–Crippen LogP) is 2.20. The number of pyridine rings is 1. The largest absolute Gasteiger partial charge is 0.488 e. The highest BCUT2D eigenvalue weighted by Crippen LogP contribution is 2.31. The fraction of sp³-hybridized carbons (Fsp3) is 0.583. The van der Waals surface area contributed by atoms with E-state index in [0.717, 1.165) is 24.2 Å². The number of nitrogens with zero attached hydrogens (tertiary/aromatic N) is 1. The first-order valence-corrected chi connectivity index (χ1v) is 5.56. The third-order valence-corrected chi connectivity index (χ3v) is 2.70. The SMILES string of the molecule is CC(C)c1cncc(OC2CC2)c1CN. The fourth-order valence-electron chi connectivity index (χ4n) is 1.67. The second kappa shape index (κ2) is 4.19. The topological polar surface area (TPSA) is 48.1 Å². The Labute approximate surface area is 90.7 Å². The van der Waals surface area contributed by atoms with E-state index in [9.17, 15) is 0 Å². The van der Waals surface area contributed by atoms with Crippen molar-refractivity contribution in [3.8, 4) is 5.75 Å². The molecule has 82 valence electrons. The van der Waals surface area contributed by atoms with Crippen LogP contribution in [0.3, 0.4) is 0 Å². The zero-order valence-corrected chi connectivity index (χ0v) is 9.36. The summed E-state index contributed by atoms with van der Waals surface area (Å²) in [5.41, 5.74) is 8.10. The van der Waals surface area contributed by atoms with Crippen molar-refractivity contribution in [1.29, 1.82) is 0 Å². The van der Waals surface area contributed by atoms with E-state index in [4.69, 9.17) is 10.5 Å². The van der Waals surface area contributed by atoms with Gasteiger partial charge in [0.1, 0.15) is 5.75 Å². The molecule has 0 bridgehead atoms.